The highest BCUT2D eigenvalue weighted by Crippen LogP contribution is 2.24. The molecule has 0 fully saturated rings. The molecule has 1 heterocycles. The molecule has 1 aliphatic heterocycles. The Labute approximate surface area is 134 Å². The Hall–Kier alpha value is -3.08. The minimum absolute atomic E-state index is 0.129. The average Bonchev–Trinajstić information content (AvgIpc) is 2.57. The molecule has 0 aliphatic carbocycles. The highest BCUT2D eigenvalue weighted by molar-refractivity contribution is 6.14. The molecule has 116 valence electrons. The molecule has 0 atom stereocenters. The van der Waals surface area contributed by atoms with Crippen LogP contribution in [-0.4, -0.2) is 40.0 Å². The Kier molecular flexibility index (Phi) is 4.10. The van der Waals surface area contributed by atoms with Gasteiger partial charge in [-0.3, -0.25) is 0 Å². The third-order valence-corrected chi connectivity index (χ3v) is 3.54. The van der Waals surface area contributed by atoms with Gasteiger partial charge in [0.2, 0.25) is 0 Å². The lowest BCUT2D eigenvalue weighted by atomic mass is 10.1. The van der Waals surface area contributed by atoms with E-state index in [2.05, 4.69) is 16.6 Å². The van der Waals surface area contributed by atoms with E-state index < -0.39 is 0 Å². The van der Waals surface area contributed by atoms with Gasteiger partial charge in [0.25, 0.3) is 0 Å². The van der Waals surface area contributed by atoms with Crippen molar-refractivity contribution in [2.24, 2.45) is 9.98 Å². The molecule has 0 bridgehead atoms. The molecular weight excluding hydrogens is 290 g/mol. The van der Waals surface area contributed by atoms with Gasteiger partial charge < -0.3 is 15.1 Å². The number of hydrogen-bond donors (Lipinski definition) is 2. The van der Waals surface area contributed by atoms with Crippen LogP contribution in [0.3, 0.4) is 0 Å². The number of rotatable bonds is 4. The maximum absolute atomic E-state index is 10.1. The van der Waals surface area contributed by atoms with Crippen LogP contribution < -0.4 is 0 Å². The van der Waals surface area contributed by atoms with Gasteiger partial charge in [0.15, 0.2) is 5.84 Å². The van der Waals surface area contributed by atoms with Crippen LogP contribution in [0.2, 0.25) is 0 Å². The predicted octanol–water partition coefficient (Wildman–Crippen LogP) is 2.75. The molecule has 23 heavy (non-hydrogen) atoms. The van der Waals surface area contributed by atoms with E-state index in [0.717, 1.165) is 0 Å². The summed E-state index contributed by atoms with van der Waals surface area (Å²) in [4.78, 5) is 10.9. The largest absolute Gasteiger partial charge is 0.507 e. The van der Waals surface area contributed by atoms with Gasteiger partial charge in [0.05, 0.1) is 11.1 Å². The van der Waals surface area contributed by atoms with Crippen molar-refractivity contribution in [1.82, 2.24) is 4.90 Å². The molecule has 1 aliphatic rings. The fourth-order valence-corrected chi connectivity index (χ4v) is 2.43. The number of amidine groups is 2. The van der Waals surface area contributed by atoms with Crippen LogP contribution in [0.25, 0.3) is 0 Å². The Morgan fingerprint density at radius 3 is 2.22 bits per heavy atom. The van der Waals surface area contributed by atoms with Gasteiger partial charge in [-0.2, -0.15) is 0 Å². The summed E-state index contributed by atoms with van der Waals surface area (Å²) < 4.78 is 0. The van der Waals surface area contributed by atoms with Crippen molar-refractivity contribution in [2.45, 2.75) is 0 Å². The highest BCUT2D eigenvalue weighted by atomic mass is 16.3. The van der Waals surface area contributed by atoms with E-state index in [9.17, 15) is 10.2 Å². The average molecular weight is 307 g/mol. The van der Waals surface area contributed by atoms with Crippen molar-refractivity contribution in [3.63, 3.8) is 0 Å². The monoisotopic (exact) mass is 307 g/mol. The summed E-state index contributed by atoms with van der Waals surface area (Å²) in [5.74, 6) is 1.33. The molecule has 5 nitrogen and oxygen atoms in total. The number of nitrogens with zero attached hydrogens (tertiary/aromatic N) is 3. The zero-order valence-corrected chi connectivity index (χ0v) is 12.6. The molecule has 0 amide bonds. The number of aliphatic imine (C=N–C) groups is 2. The van der Waals surface area contributed by atoms with Crippen molar-refractivity contribution in [2.75, 3.05) is 13.2 Å². The van der Waals surface area contributed by atoms with Gasteiger partial charge in [-0.25, -0.2) is 9.98 Å². The summed E-state index contributed by atoms with van der Waals surface area (Å²) >= 11 is 0. The molecular formula is C18H17N3O2. The molecule has 0 spiro atoms. The normalized spacial score (nSPS) is 14.2. The number of phenols is 2. The van der Waals surface area contributed by atoms with E-state index in [1.54, 1.807) is 42.5 Å². The fourth-order valence-electron chi connectivity index (χ4n) is 2.43. The predicted molar refractivity (Wildman–Crippen MR) is 91.1 cm³/mol. The Balaban J connectivity index is 2.08. The van der Waals surface area contributed by atoms with Crippen LogP contribution in [-0.2, 0) is 0 Å². The SMILES string of the molecule is C=CCN1CN=C(c2ccccc2O)N=C1c1ccccc1O. The van der Waals surface area contributed by atoms with Crippen molar-refractivity contribution < 1.29 is 10.2 Å². The number of para-hydroxylation sites is 2. The van der Waals surface area contributed by atoms with Crippen LogP contribution >= 0.6 is 0 Å². The third kappa shape index (κ3) is 2.94. The van der Waals surface area contributed by atoms with Crippen molar-refractivity contribution >= 4 is 11.7 Å². The maximum Gasteiger partial charge on any atom is 0.162 e. The van der Waals surface area contributed by atoms with E-state index in [1.165, 1.54) is 0 Å². The highest BCUT2D eigenvalue weighted by Gasteiger charge is 2.21. The number of phenolic OH excluding ortho intramolecular Hbond substituents is 2. The number of aromatic hydroxyl groups is 2. The van der Waals surface area contributed by atoms with Gasteiger partial charge in [-0.1, -0.05) is 30.3 Å². The second kappa shape index (κ2) is 6.36. The second-order valence-corrected chi connectivity index (χ2v) is 5.10. The molecule has 2 aromatic rings. The van der Waals surface area contributed by atoms with E-state index in [4.69, 9.17) is 0 Å². The van der Waals surface area contributed by atoms with Crippen LogP contribution in [0.1, 0.15) is 11.1 Å². The third-order valence-electron chi connectivity index (χ3n) is 3.54. The van der Waals surface area contributed by atoms with E-state index in [-0.39, 0.29) is 11.5 Å². The molecule has 0 saturated heterocycles. The quantitative estimate of drug-likeness (QED) is 0.853. The molecule has 3 rings (SSSR count). The number of benzene rings is 2. The zero-order valence-electron chi connectivity index (χ0n) is 12.6. The van der Waals surface area contributed by atoms with Crippen LogP contribution in [0.5, 0.6) is 11.5 Å². The number of hydrogen-bond acceptors (Lipinski definition) is 5. The van der Waals surface area contributed by atoms with Gasteiger partial charge in [0.1, 0.15) is 24.0 Å². The van der Waals surface area contributed by atoms with Crippen LogP contribution in [0.15, 0.2) is 71.2 Å². The molecule has 0 unspecified atom stereocenters. The molecule has 0 radical (unpaired) electrons. The molecule has 5 heteroatoms. The minimum atomic E-state index is 0.129. The lowest BCUT2D eigenvalue weighted by Gasteiger charge is -2.27. The van der Waals surface area contributed by atoms with Crippen LogP contribution in [0, 0.1) is 0 Å². The summed E-state index contributed by atoms with van der Waals surface area (Å²) in [6.07, 6.45) is 1.76. The van der Waals surface area contributed by atoms with E-state index >= 15 is 0 Å². The van der Waals surface area contributed by atoms with Gasteiger partial charge in [-0.05, 0) is 24.3 Å². The van der Waals surface area contributed by atoms with Crippen LogP contribution in [0.4, 0.5) is 0 Å². The Morgan fingerprint density at radius 1 is 1.00 bits per heavy atom. The second-order valence-electron chi connectivity index (χ2n) is 5.10. The fraction of sp³-hybridized carbons (Fsp3) is 0.111. The van der Waals surface area contributed by atoms with Gasteiger partial charge in [0, 0.05) is 6.54 Å². The maximum atomic E-state index is 10.1. The Bertz CT molecular complexity index is 796. The van der Waals surface area contributed by atoms with E-state index in [1.807, 2.05) is 17.0 Å². The minimum Gasteiger partial charge on any atom is -0.507 e. The summed E-state index contributed by atoms with van der Waals surface area (Å²) in [5.41, 5.74) is 1.19. The first kappa shape index (κ1) is 14.8. The molecule has 0 saturated carbocycles. The summed E-state index contributed by atoms with van der Waals surface area (Å²) in [6, 6.07) is 14.0. The smallest absolute Gasteiger partial charge is 0.162 e. The topological polar surface area (TPSA) is 68.4 Å². The lowest BCUT2D eigenvalue weighted by molar-refractivity contribution is 0.455. The standard InChI is InChI=1S/C18H17N3O2/c1-2-11-21-12-19-17(13-7-3-5-9-15(13)22)20-18(21)14-8-4-6-10-16(14)23/h2-10,22-23H,1,11-12H2. The summed E-state index contributed by atoms with van der Waals surface area (Å²) in [5, 5.41) is 20.2. The molecule has 2 aromatic carbocycles. The van der Waals surface area contributed by atoms with Crippen molar-refractivity contribution in [3.8, 4) is 11.5 Å². The van der Waals surface area contributed by atoms with Gasteiger partial charge >= 0.3 is 0 Å². The molecule has 0 aromatic heterocycles. The summed E-state index contributed by atoms with van der Waals surface area (Å²) in [6.45, 7) is 4.69. The molecule has 2 N–H and O–H groups in total. The van der Waals surface area contributed by atoms with E-state index in [0.29, 0.717) is 36.0 Å². The first-order chi connectivity index (χ1) is 11.2. The first-order valence-electron chi connectivity index (χ1n) is 7.26. The first-order valence-corrected chi connectivity index (χ1v) is 7.26. The van der Waals surface area contributed by atoms with Gasteiger partial charge in [-0.15, -0.1) is 6.58 Å². The van der Waals surface area contributed by atoms with Crippen molar-refractivity contribution in [3.05, 3.63) is 72.3 Å². The zero-order chi connectivity index (χ0) is 16.2. The lowest BCUT2D eigenvalue weighted by Crippen LogP contribution is -2.36. The van der Waals surface area contributed by atoms with Crippen molar-refractivity contribution in [1.29, 1.82) is 0 Å². The Morgan fingerprint density at radius 2 is 1.61 bits per heavy atom. The summed E-state index contributed by atoms with van der Waals surface area (Å²) in [7, 11) is 0.